The Bertz CT molecular complexity index is 743. The Morgan fingerprint density at radius 3 is 2.46 bits per heavy atom. The normalized spacial score (nSPS) is 14.8. The second kappa shape index (κ2) is 6.88. The minimum absolute atomic E-state index is 0.0578. The van der Waals surface area contributed by atoms with Gasteiger partial charge in [-0.2, -0.15) is 0 Å². The van der Waals surface area contributed by atoms with Crippen LogP contribution in [0.4, 0.5) is 10.1 Å². The third-order valence-electron chi connectivity index (χ3n) is 4.23. The third kappa shape index (κ3) is 3.19. The number of hydrogen-bond donors (Lipinski definition) is 2. The summed E-state index contributed by atoms with van der Waals surface area (Å²) >= 11 is 0. The second-order valence-electron chi connectivity index (χ2n) is 5.74. The summed E-state index contributed by atoms with van der Waals surface area (Å²) in [6.45, 7) is 1.62. The van der Waals surface area contributed by atoms with Gasteiger partial charge >= 0.3 is 0 Å². The molecule has 1 aliphatic heterocycles. The smallest absolute Gasteiger partial charge is 0.254 e. The molecule has 2 N–H and O–H groups in total. The fraction of sp³-hybridized carbons (Fsp3) is 0.278. The number of rotatable bonds is 3. The first-order valence-electron chi connectivity index (χ1n) is 7.81. The molecule has 0 aliphatic carbocycles. The number of anilines is 1. The van der Waals surface area contributed by atoms with Gasteiger partial charge in [0.15, 0.2) is 5.82 Å². The fourth-order valence-corrected chi connectivity index (χ4v) is 2.90. The van der Waals surface area contributed by atoms with Crippen LogP contribution in [0.25, 0.3) is 0 Å². The summed E-state index contributed by atoms with van der Waals surface area (Å²) in [5, 5.41) is 18.7. The molecule has 2 aromatic carbocycles. The molecule has 0 radical (unpaired) electrons. The summed E-state index contributed by atoms with van der Waals surface area (Å²) in [6.07, 6.45) is 0. The van der Waals surface area contributed by atoms with E-state index in [1.807, 2.05) is 4.90 Å². The van der Waals surface area contributed by atoms with Gasteiger partial charge in [-0.3, -0.25) is 4.79 Å². The number of phenols is 1. The number of aromatic hydroxyl groups is 1. The maximum absolute atomic E-state index is 14.3. The molecule has 2 aromatic rings. The zero-order chi connectivity index (χ0) is 17.1. The molecule has 1 saturated heterocycles. The fourth-order valence-electron chi connectivity index (χ4n) is 2.90. The van der Waals surface area contributed by atoms with Crippen molar-refractivity contribution in [2.75, 3.05) is 31.1 Å². The monoisotopic (exact) mass is 330 g/mol. The predicted molar refractivity (Wildman–Crippen MR) is 88.5 cm³/mol. The molecular weight excluding hydrogens is 311 g/mol. The van der Waals surface area contributed by atoms with E-state index in [1.54, 1.807) is 35.2 Å². The Balaban J connectivity index is 1.69. The minimum atomic E-state index is -0.409. The summed E-state index contributed by atoms with van der Waals surface area (Å²) in [5.41, 5.74) is 1.16. The number of aliphatic hydroxyl groups excluding tert-OH is 1. The lowest BCUT2D eigenvalue weighted by atomic mass is 10.1. The van der Waals surface area contributed by atoms with Crippen LogP contribution in [0.1, 0.15) is 15.9 Å². The van der Waals surface area contributed by atoms with E-state index in [9.17, 15) is 19.4 Å². The van der Waals surface area contributed by atoms with Crippen molar-refractivity contribution in [3.8, 4) is 5.75 Å². The molecule has 1 fully saturated rings. The highest BCUT2D eigenvalue weighted by molar-refractivity contribution is 5.94. The molecule has 126 valence electrons. The number of amides is 1. The van der Waals surface area contributed by atoms with Crippen LogP contribution >= 0.6 is 0 Å². The van der Waals surface area contributed by atoms with Crippen molar-refractivity contribution >= 4 is 11.6 Å². The highest BCUT2D eigenvalue weighted by Gasteiger charge is 2.24. The molecule has 6 heteroatoms. The molecule has 0 aromatic heterocycles. The highest BCUT2D eigenvalue weighted by Crippen LogP contribution is 2.24. The van der Waals surface area contributed by atoms with E-state index in [4.69, 9.17) is 0 Å². The Morgan fingerprint density at radius 2 is 1.79 bits per heavy atom. The van der Waals surface area contributed by atoms with Crippen LogP contribution in [0.15, 0.2) is 42.5 Å². The Kier molecular flexibility index (Phi) is 4.66. The van der Waals surface area contributed by atoms with Crippen molar-refractivity contribution < 1.29 is 19.4 Å². The highest BCUT2D eigenvalue weighted by atomic mass is 19.1. The van der Waals surface area contributed by atoms with Crippen LogP contribution in [0.3, 0.4) is 0 Å². The van der Waals surface area contributed by atoms with Gasteiger partial charge in [0.2, 0.25) is 0 Å². The van der Waals surface area contributed by atoms with Gasteiger partial charge in [0.05, 0.1) is 12.3 Å². The zero-order valence-electron chi connectivity index (χ0n) is 13.2. The van der Waals surface area contributed by atoms with Gasteiger partial charge in [0.1, 0.15) is 5.75 Å². The van der Waals surface area contributed by atoms with Crippen molar-refractivity contribution in [2.24, 2.45) is 0 Å². The van der Waals surface area contributed by atoms with Crippen LogP contribution in [0.5, 0.6) is 5.75 Å². The van der Waals surface area contributed by atoms with E-state index < -0.39 is 5.82 Å². The van der Waals surface area contributed by atoms with Crippen LogP contribution < -0.4 is 4.90 Å². The molecule has 5 nitrogen and oxygen atoms in total. The van der Waals surface area contributed by atoms with Crippen LogP contribution in [0.2, 0.25) is 0 Å². The van der Waals surface area contributed by atoms with Crippen LogP contribution in [0, 0.1) is 5.82 Å². The number of benzene rings is 2. The number of aliphatic hydroxyl groups is 1. The number of carbonyl (C=O) groups excluding carboxylic acids is 1. The van der Waals surface area contributed by atoms with Crippen molar-refractivity contribution in [2.45, 2.75) is 6.61 Å². The third-order valence-corrected chi connectivity index (χ3v) is 4.23. The average Bonchev–Trinajstić information content (AvgIpc) is 2.61. The van der Waals surface area contributed by atoms with Gasteiger partial charge in [0, 0.05) is 37.3 Å². The van der Waals surface area contributed by atoms with Gasteiger partial charge in [-0.05, 0) is 24.3 Å². The van der Waals surface area contributed by atoms with E-state index in [2.05, 4.69) is 0 Å². The largest absolute Gasteiger partial charge is 0.508 e. The van der Waals surface area contributed by atoms with E-state index in [-0.39, 0.29) is 23.8 Å². The molecule has 1 amide bonds. The Labute approximate surface area is 139 Å². The van der Waals surface area contributed by atoms with Crippen molar-refractivity contribution in [1.82, 2.24) is 4.90 Å². The second-order valence-corrected chi connectivity index (χ2v) is 5.74. The molecule has 24 heavy (non-hydrogen) atoms. The molecule has 3 rings (SSSR count). The number of nitrogens with zero attached hydrogens (tertiary/aromatic N) is 2. The van der Waals surface area contributed by atoms with Gasteiger partial charge in [-0.25, -0.2) is 4.39 Å². The topological polar surface area (TPSA) is 64.0 Å². The molecule has 0 atom stereocenters. The predicted octanol–water partition coefficient (Wildman–Crippen LogP) is 1.99. The molecule has 0 bridgehead atoms. The molecule has 0 spiro atoms. The first-order valence-corrected chi connectivity index (χ1v) is 7.81. The van der Waals surface area contributed by atoms with Gasteiger partial charge in [-0.1, -0.05) is 18.2 Å². The lowest BCUT2D eigenvalue weighted by Gasteiger charge is -2.36. The number of halogens is 1. The van der Waals surface area contributed by atoms with Gasteiger partial charge in [-0.15, -0.1) is 0 Å². The summed E-state index contributed by atoms with van der Waals surface area (Å²) in [4.78, 5) is 16.0. The first kappa shape index (κ1) is 16.3. The van der Waals surface area contributed by atoms with E-state index in [1.165, 1.54) is 12.1 Å². The van der Waals surface area contributed by atoms with Crippen LogP contribution in [-0.2, 0) is 6.61 Å². The van der Waals surface area contributed by atoms with Gasteiger partial charge < -0.3 is 20.0 Å². The molecule has 0 unspecified atom stereocenters. The molecule has 1 heterocycles. The standard InChI is InChI=1S/C18H19FN2O3/c19-17-14(12-22)4-2-6-16(17)20-7-9-21(10-8-20)18(24)13-3-1-5-15(23)11-13/h1-6,11,22-23H,7-10,12H2. The van der Waals surface area contributed by atoms with E-state index >= 15 is 0 Å². The summed E-state index contributed by atoms with van der Waals surface area (Å²) in [5.74, 6) is -0.495. The Morgan fingerprint density at radius 1 is 1.08 bits per heavy atom. The molecular formula is C18H19FN2O3. The van der Waals surface area contributed by atoms with Crippen molar-refractivity contribution in [1.29, 1.82) is 0 Å². The summed E-state index contributed by atoms with van der Waals surface area (Å²) in [7, 11) is 0. The van der Waals surface area contributed by atoms with E-state index in [0.29, 0.717) is 37.4 Å². The number of carbonyl (C=O) groups is 1. The average molecular weight is 330 g/mol. The quantitative estimate of drug-likeness (QED) is 0.903. The SMILES string of the molecule is O=C(c1cccc(O)c1)N1CCN(c2cccc(CO)c2F)CC1. The van der Waals surface area contributed by atoms with Gasteiger partial charge in [0.25, 0.3) is 5.91 Å². The molecule has 1 aliphatic rings. The lowest BCUT2D eigenvalue weighted by Crippen LogP contribution is -2.49. The van der Waals surface area contributed by atoms with Crippen molar-refractivity contribution in [3.63, 3.8) is 0 Å². The first-order chi connectivity index (χ1) is 11.6. The molecule has 0 saturated carbocycles. The Hall–Kier alpha value is -2.60. The number of phenolic OH excluding ortho intramolecular Hbond substituents is 1. The van der Waals surface area contributed by atoms with Crippen LogP contribution in [-0.4, -0.2) is 47.2 Å². The maximum Gasteiger partial charge on any atom is 0.254 e. The summed E-state index contributed by atoms with van der Waals surface area (Å²) in [6, 6.07) is 11.2. The summed E-state index contributed by atoms with van der Waals surface area (Å²) < 4.78 is 14.3. The lowest BCUT2D eigenvalue weighted by molar-refractivity contribution is 0.0746. The zero-order valence-corrected chi connectivity index (χ0v) is 13.2. The van der Waals surface area contributed by atoms with E-state index in [0.717, 1.165) is 0 Å². The number of piperazine rings is 1. The maximum atomic E-state index is 14.3. The van der Waals surface area contributed by atoms with Crippen molar-refractivity contribution in [3.05, 3.63) is 59.4 Å². The minimum Gasteiger partial charge on any atom is -0.508 e. The number of hydrogen-bond acceptors (Lipinski definition) is 4.